The number of nitrogens with zero attached hydrogens (tertiary/aromatic N) is 1. The van der Waals surface area contributed by atoms with Gasteiger partial charge >= 0.3 is 6.09 Å². The van der Waals surface area contributed by atoms with Gasteiger partial charge in [0, 0.05) is 30.8 Å². The molecule has 0 radical (unpaired) electrons. The van der Waals surface area contributed by atoms with E-state index in [0.717, 1.165) is 25.0 Å². The van der Waals surface area contributed by atoms with Crippen LogP contribution in [0.5, 0.6) is 5.75 Å². The Bertz CT molecular complexity index is 990. The number of likely N-dealkylation sites (tertiary alicyclic amines) is 1. The summed E-state index contributed by atoms with van der Waals surface area (Å²) in [5.41, 5.74) is -0.0622. The fourth-order valence-electron chi connectivity index (χ4n) is 4.42. The van der Waals surface area contributed by atoms with Gasteiger partial charge in [0.1, 0.15) is 5.82 Å². The zero-order valence-corrected chi connectivity index (χ0v) is 19.4. The fourth-order valence-corrected chi connectivity index (χ4v) is 6.35. The summed E-state index contributed by atoms with van der Waals surface area (Å²) >= 11 is 6.35. The molecule has 0 N–H and O–H groups in total. The maximum absolute atomic E-state index is 15.1. The second-order valence-electron chi connectivity index (χ2n) is 8.58. The number of alkyl halides is 1. The quantitative estimate of drug-likeness (QED) is 0.541. The van der Waals surface area contributed by atoms with Gasteiger partial charge in [0.25, 0.3) is 0 Å². The van der Waals surface area contributed by atoms with Crippen LogP contribution in [0.15, 0.2) is 35.3 Å². The van der Waals surface area contributed by atoms with Crippen LogP contribution in [0, 0.1) is 11.6 Å². The number of carbonyl (C=O) groups excluding carboxylic acids is 1. The number of halogens is 3. The molecule has 2 heterocycles. The van der Waals surface area contributed by atoms with Gasteiger partial charge in [-0.1, -0.05) is 12.2 Å². The second kappa shape index (κ2) is 9.14. The molecule has 3 unspecified atom stereocenters. The molecule has 1 saturated heterocycles. The number of amides is 1. The van der Waals surface area contributed by atoms with Crippen molar-refractivity contribution < 1.29 is 27.3 Å². The first-order valence-electron chi connectivity index (χ1n) is 10.8. The second-order valence-corrected chi connectivity index (χ2v) is 11.2. The highest BCUT2D eigenvalue weighted by Gasteiger charge is 2.47. The smallest absolute Gasteiger partial charge is 0.409 e. The summed E-state index contributed by atoms with van der Waals surface area (Å²) in [6.07, 6.45) is 7.34. The highest BCUT2D eigenvalue weighted by molar-refractivity contribution is 7.90. The highest BCUT2D eigenvalue weighted by atomic mass is 35.5. The lowest BCUT2D eigenvalue weighted by molar-refractivity contribution is 0.103. The topological polar surface area (TPSA) is 55.8 Å². The molecule has 1 aromatic carbocycles. The summed E-state index contributed by atoms with van der Waals surface area (Å²) in [7, 11) is -1.76. The van der Waals surface area contributed by atoms with Crippen LogP contribution in [0.2, 0.25) is 0 Å². The Morgan fingerprint density at radius 1 is 1.28 bits per heavy atom. The molecule has 9 heteroatoms. The number of hydrogen-bond acceptors (Lipinski definition) is 4. The van der Waals surface area contributed by atoms with Crippen molar-refractivity contribution in [1.82, 2.24) is 4.90 Å². The van der Waals surface area contributed by atoms with Gasteiger partial charge in [-0.2, -0.15) is 0 Å². The van der Waals surface area contributed by atoms with Crippen LogP contribution in [0.4, 0.5) is 13.6 Å². The largest absolute Gasteiger partial charge is 0.490 e. The van der Waals surface area contributed by atoms with E-state index < -0.39 is 38.1 Å². The van der Waals surface area contributed by atoms with Crippen LogP contribution in [0.25, 0.3) is 0 Å². The van der Waals surface area contributed by atoms with Crippen molar-refractivity contribution in [2.45, 2.75) is 48.6 Å². The first-order valence-corrected chi connectivity index (χ1v) is 12.3. The molecule has 1 aromatic rings. The minimum Gasteiger partial charge on any atom is -0.490 e. The number of ether oxygens (including phenoxy) is 2. The van der Waals surface area contributed by atoms with Gasteiger partial charge in [0.15, 0.2) is 11.6 Å². The van der Waals surface area contributed by atoms with Crippen molar-refractivity contribution in [2.24, 2.45) is 0 Å². The molecule has 2 aliphatic heterocycles. The molecule has 3 atom stereocenters. The third-order valence-corrected chi connectivity index (χ3v) is 8.56. The molecule has 0 spiro atoms. The van der Waals surface area contributed by atoms with E-state index in [1.54, 1.807) is 23.1 Å². The van der Waals surface area contributed by atoms with E-state index in [4.69, 9.17) is 21.1 Å². The van der Waals surface area contributed by atoms with E-state index in [-0.39, 0.29) is 37.4 Å². The summed E-state index contributed by atoms with van der Waals surface area (Å²) in [5.74, 6) is -1.63. The lowest BCUT2D eigenvalue weighted by atomic mass is 9.88. The molecule has 3 aliphatic rings. The predicted octanol–water partition coefficient (Wildman–Crippen LogP) is 5.16. The van der Waals surface area contributed by atoms with Crippen molar-refractivity contribution in [1.29, 1.82) is 0 Å². The number of fused-ring (bicyclic) bond motifs is 1. The maximum Gasteiger partial charge on any atom is 0.409 e. The van der Waals surface area contributed by atoms with Crippen molar-refractivity contribution in [3.63, 3.8) is 0 Å². The van der Waals surface area contributed by atoms with E-state index in [1.807, 2.05) is 6.92 Å². The van der Waals surface area contributed by atoms with Crippen LogP contribution >= 0.6 is 11.6 Å². The van der Waals surface area contributed by atoms with Gasteiger partial charge in [0.05, 0.1) is 39.2 Å². The lowest BCUT2D eigenvalue weighted by Gasteiger charge is -2.39. The van der Waals surface area contributed by atoms with Gasteiger partial charge in [-0.05, 0) is 44.4 Å². The number of allylic oxidation sites excluding steroid dienone is 3. The molecule has 32 heavy (non-hydrogen) atoms. The first kappa shape index (κ1) is 23.2. The fraction of sp³-hybridized carbons (Fsp3) is 0.522. The zero-order valence-electron chi connectivity index (χ0n) is 17.9. The molecule has 0 saturated carbocycles. The summed E-state index contributed by atoms with van der Waals surface area (Å²) in [4.78, 5) is 13.9. The molecule has 1 fully saturated rings. The van der Waals surface area contributed by atoms with Crippen molar-refractivity contribution in [3.05, 3.63) is 52.5 Å². The minimum absolute atomic E-state index is 0.0622. The van der Waals surface area contributed by atoms with Crippen LogP contribution in [0.1, 0.15) is 44.6 Å². The standard InChI is InChI=1S/C23H26ClF2NO4S/c1-22(24)8-6-16(7-9-22)32(29)23(11-15-31-21(28)27-12-2-3-13-27)10-14-30-20-18(26)5-4-17(25)19(20)23/h4-8H,2-3,9-15H2,1H3. The summed E-state index contributed by atoms with van der Waals surface area (Å²) in [6.45, 7) is 3.13. The Kier molecular flexibility index (Phi) is 6.63. The Morgan fingerprint density at radius 2 is 2.00 bits per heavy atom. The molecule has 174 valence electrons. The van der Waals surface area contributed by atoms with Gasteiger partial charge in [0.2, 0.25) is 0 Å². The van der Waals surface area contributed by atoms with E-state index in [0.29, 0.717) is 24.4 Å². The van der Waals surface area contributed by atoms with Crippen molar-refractivity contribution in [2.75, 3.05) is 26.3 Å². The van der Waals surface area contributed by atoms with Gasteiger partial charge in [-0.15, -0.1) is 11.6 Å². The Morgan fingerprint density at radius 3 is 2.69 bits per heavy atom. The molecular weight excluding hydrogens is 460 g/mol. The van der Waals surface area contributed by atoms with E-state index in [1.165, 1.54) is 0 Å². The summed E-state index contributed by atoms with van der Waals surface area (Å²) < 4.78 is 53.1. The van der Waals surface area contributed by atoms with Crippen LogP contribution in [-0.4, -0.2) is 46.4 Å². The number of rotatable bonds is 5. The first-order chi connectivity index (χ1) is 15.2. The maximum atomic E-state index is 15.1. The third-order valence-electron chi connectivity index (χ3n) is 6.23. The Labute approximate surface area is 193 Å². The lowest BCUT2D eigenvalue weighted by Crippen LogP contribution is -2.41. The van der Waals surface area contributed by atoms with Crippen molar-refractivity contribution in [3.8, 4) is 5.75 Å². The number of hydrogen-bond donors (Lipinski definition) is 0. The van der Waals surface area contributed by atoms with Gasteiger partial charge < -0.3 is 14.4 Å². The zero-order chi connectivity index (χ0) is 22.9. The molecule has 4 rings (SSSR count). The van der Waals surface area contributed by atoms with Crippen LogP contribution < -0.4 is 4.74 Å². The molecule has 0 bridgehead atoms. The number of carbonyl (C=O) groups is 1. The Hall–Kier alpha value is -1.93. The molecular formula is C23H26ClF2NO4S. The summed E-state index contributed by atoms with van der Waals surface area (Å²) in [5, 5.41) is 0. The normalized spacial score (nSPS) is 28.0. The Balaban J connectivity index is 1.66. The van der Waals surface area contributed by atoms with Crippen molar-refractivity contribution >= 4 is 28.5 Å². The SMILES string of the molecule is CC1(Cl)C=CC(S(=O)C2(CCOC(=O)N3CCCC3)CCOc3c(F)ccc(F)c32)=CC1. The predicted molar refractivity (Wildman–Crippen MR) is 119 cm³/mol. The van der Waals surface area contributed by atoms with Crippen LogP contribution in [-0.2, 0) is 20.3 Å². The summed E-state index contributed by atoms with van der Waals surface area (Å²) in [6, 6.07) is 2.02. The average Bonchev–Trinajstić information content (AvgIpc) is 3.31. The minimum atomic E-state index is -1.76. The van der Waals surface area contributed by atoms with E-state index >= 15 is 4.39 Å². The van der Waals surface area contributed by atoms with E-state index in [2.05, 4.69) is 0 Å². The highest BCUT2D eigenvalue weighted by Crippen LogP contribution is 2.49. The monoisotopic (exact) mass is 485 g/mol. The van der Waals surface area contributed by atoms with E-state index in [9.17, 15) is 13.4 Å². The average molecular weight is 486 g/mol. The van der Waals surface area contributed by atoms with Crippen LogP contribution in [0.3, 0.4) is 0 Å². The third kappa shape index (κ3) is 4.44. The van der Waals surface area contributed by atoms with Gasteiger partial charge in [-0.3, -0.25) is 4.21 Å². The molecule has 1 amide bonds. The molecule has 0 aromatic heterocycles. The molecule has 5 nitrogen and oxygen atoms in total. The number of benzene rings is 1. The van der Waals surface area contributed by atoms with Gasteiger partial charge in [-0.25, -0.2) is 13.6 Å². The molecule has 1 aliphatic carbocycles.